The maximum Gasteiger partial charge on any atom is 0.147 e. The highest BCUT2D eigenvalue weighted by Crippen LogP contribution is 2.19. The molecule has 1 unspecified atom stereocenters. The Bertz CT molecular complexity index is 287. The lowest BCUT2D eigenvalue weighted by atomic mass is 10.1. The highest BCUT2D eigenvalue weighted by Gasteiger charge is 2.19. The second-order valence-electron chi connectivity index (χ2n) is 4.93. The molecule has 0 radical (unpaired) electrons. The van der Waals surface area contributed by atoms with E-state index in [2.05, 4.69) is 11.8 Å². The van der Waals surface area contributed by atoms with Gasteiger partial charge in [0.2, 0.25) is 0 Å². The van der Waals surface area contributed by atoms with Crippen LogP contribution in [0.4, 0.5) is 0 Å². The summed E-state index contributed by atoms with van der Waals surface area (Å²) in [4.78, 5) is 2.50. The second-order valence-corrected chi connectivity index (χ2v) is 7.19. The predicted molar refractivity (Wildman–Crippen MR) is 68.4 cm³/mol. The summed E-state index contributed by atoms with van der Waals surface area (Å²) in [5, 5.41) is 0. The van der Waals surface area contributed by atoms with Gasteiger partial charge in [-0.15, -0.1) is 0 Å². The van der Waals surface area contributed by atoms with Gasteiger partial charge in [-0.05, 0) is 38.8 Å². The molecular weight excluding hydrogens is 222 g/mol. The third-order valence-corrected chi connectivity index (χ3v) is 4.46. The van der Waals surface area contributed by atoms with Gasteiger partial charge in [-0.25, -0.2) is 8.42 Å². The molecule has 1 aliphatic rings. The lowest BCUT2D eigenvalue weighted by Crippen LogP contribution is -2.35. The summed E-state index contributed by atoms with van der Waals surface area (Å²) >= 11 is 0. The molecule has 1 atom stereocenters. The summed E-state index contributed by atoms with van der Waals surface area (Å²) in [5.74, 6) is 0.333. The third-order valence-electron chi connectivity index (χ3n) is 3.43. The first-order chi connectivity index (χ1) is 7.53. The zero-order valence-electron chi connectivity index (χ0n) is 10.6. The zero-order valence-corrected chi connectivity index (χ0v) is 11.4. The molecule has 0 N–H and O–H groups in total. The van der Waals surface area contributed by atoms with Gasteiger partial charge in [-0.1, -0.05) is 19.8 Å². The molecule has 0 amide bonds. The molecule has 1 saturated heterocycles. The van der Waals surface area contributed by atoms with E-state index < -0.39 is 9.84 Å². The number of likely N-dealkylation sites (tertiary alicyclic amines) is 1. The molecule has 0 bridgehead atoms. The van der Waals surface area contributed by atoms with Crippen LogP contribution in [0.3, 0.4) is 0 Å². The van der Waals surface area contributed by atoms with E-state index in [0.29, 0.717) is 11.8 Å². The molecule has 1 heterocycles. The van der Waals surface area contributed by atoms with Crippen molar-refractivity contribution >= 4 is 9.84 Å². The fraction of sp³-hybridized carbons (Fsp3) is 1.00. The van der Waals surface area contributed by atoms with E-state index in [0.717, 1.165) is 19.5 Å². The molecule has 96 valence electrons. The van der Waals surface area contributed by atoms with Crippen LogP contribution in [0, 0.1) is 0 Å². The Morgan fingerprint density at radius 3 is 2.62 bits per heavy atom. The molecule has 0 aromatic rings. The van der Waals surface area contributed by atoms with Crippen LogP contribution < -0.4 is 0 Å². The van der Waals surface area contributed by atoms with Crippen molar-refractivity contribution in [2.24, 2.45) is 0 Å². The van der Waals surface area contributed by atoms with Crippen LogP contribution in [-0.2, 0) is 9.84 Å². The van der Waals surface area contributed by atoms with Crippen LogP contribution in [0.5, 0.6) is 0 Å². The van der Waals surface area contributed by atoms with Crippen molar-refractivity contribution < 1.29 is 8.42 Å². The van der Waals surface area contributed by atoms with E-state index >= 15 is 0 Å². The quantitative estimate of drug-likeness (QED) is 0.746. The summed E-state index contributed by atoms with van der Waals surface area (Å²) < 4.78 is 22.1. The molecule has 1 fully saturated rings. The normalized spacial score (nSPS) is 24.2. The summed E-state index contributed by atoms with van der Waals surface area (Å²) in [6.07, 6.45) is 8.53. The standard InChI is InChI=1S/C12H25NO2S/c1-3-12-8-5-4-6-9-13(12)10-7-11-16(2,14)15/h12H,3-11H2,1-2H3. The smallest absolute Gasteiger partial charge is 0.147 e. The Hall–Kier alpha value is -0.0900. The number of hydrogen-bond acceptors (Lipinski definition) is 3. The van der Waals surface area contributed by atoms with E-state index in [4.69, 9.17) is 0 Å². The van der Waals surface area contributed by atoms with Gasteiger partial charge in [-0.3, -0.25) is 0 Å². The summed E-state index contributed by atoms with van der Waals surface area (Å²) in [7, 11) is -2.78. The molecule has 1 rings (SSSR count). The first-order valence-corrected chi connectivity index (χ1v) is 8.51. The zero-order chi connectivity index (χ0) is 12.0. The molecule has 0 aromatic heterocycles. The average Bonchev–Trinajstić information content (AvgIpc) is 2.41. The topological polar surface area (TPSA) is 37.4 Å². The third kappa shape index (κ3) is 5.30. The maximum atomic E-state index is 11.1. The van der Waals surface area contributed by atoms with E-state index in [1.165, 1.54) is 38.4 Å². The predicted octanol–water partition coefficient (Wildman–Crippen LogP) is 2.08. The highest BCUT2D eigenvalue weighted by molar-refractivity contribution is 7.90. The molecule has 3 nitrogen and oxygen atoms in total. The second kappa shape index (κ2) is 6.60. The summed E-state index contributed by atoms with van der Waals surface area (Å²) in [6.45, 7) is 4.34. The Kier molecular flexibility index (Phi) is 5.76. The van der Waals surface area contributed by atoms with Gasteiger partial charge in [0.25, 0.3) is 0 Å². The lowest BCUT2D eigenvalue weighted by molar-refractivity contribution is 0.195. The van der Waals surface area contributed by atoms with Crippen molar-refractivity contribution in [2.75, 3.05) is 25.1 Å². The largest absolute Gasteiger partial charge is 0.300 e. The number of nitrogens with zero attached hydrogens (tertiary/aromatic N) is 1. The van der Waals surface area contributed by atoms with Gasteiger partial charge in [0.15, 0.2) is 0 Å². The molecule has 0 aromatic carbocycles. The van der Waals surface area contributed by atoms with Crippen LogP contribution in [0.15, 0.2) is 0 Å². The number of rotatable bonds is 5. The van der Waals surface area contributed by atoms with Gasteiger partial charge in [0, 0.05) is 12.3 Å². The van der Waals surface area contributed by atoms with E-state index in [1.807, 2.05) is 0 Å². The van der Waals surface area contributed by atoms with E-state index in [1.54, 1.807) is 0 Å². The minimum Gasteiger partial charge on any atom is -0.300 e. The Labute approximate surface area is 100 Å². The SMILES string of the molecule is CCC1CCCCCN1CCCS(C)(=O)=O. The summed E-state index contributed by atoms with van der Waals surface area (Å²) in [5.41, 5.74) is 0. The molecule has 0 aliphatic carbocycles. The summed E-state index contributed by atoms with van der Waals surface area (Å²) in [6, 6.07) is 0.682. The number of hydrogen-bond donors (Lipinski definition) is 0. The highest BCUT2D eigenvalue weighted by atomic mass is 32.2. The fourth-order valence-corrected chi connectivity index (χ4v) is 3.18. The molecule has 4 heteroatoms. The average molecular weight is 247 g/mol. The lowest BCUT2D eigenvalue weighted by Gasteiger charge is -2.28. The first kappa shape index (κ1) is 14.0. The molecule has 0 spiro atoms. The first-order valence-electron chi connectivity index (χ1n) is 6.44. The molecular formula is C12H25NO2S. The van der Waals surface area contributed by atoms with Gasteiger partial charge in [0.05, 0.1) is 5.75 Å². The van der Waals surface area contributed by atoms with Crippen LogP contribution in [0.25, 0.3) is 0 Å². The number of sulfone groups is 1. The van der Waals surface area contributed by atoms with Crippen molar-refractivity contribution in [3.8, 4) is 0 Å². The van der Waals surface area contributed by atoms with Gasteiger partial charge in [-0.2, -0.15) is 0 Å². The van der Waals surface area contributed by atoms with Gasteiger partial charge in [0.1, 0.15) is 9.84 Å². The van der Waals surface area contributed by atoms with Crippen molar-refractivity contribution in [3.63, 3.8) is 0 Å². The van der Waals surface area contributed by atoms with Crippen molar-refractivity contribution in [3.05, 3.63) is 0 Å². The molecule has 1 aliphatic heterocycles. The van der Waals surface area contributed by atoms with Crippen LogP contribution >= 0.6 is 0 Å². The monoisotopic (exact) mass is 247 g/mol. The van der Waals surface area contributed by atoms with Gasteiger partial charge < -0.3 is 4.90 Å². The van der Waals surface area contributed by atoms with Crippen molar-refractivity contribution in [1.29, 1.82) is 0 Å². The fourth-order valence-electron chi connectivity index (χ4n) is 2.52. The molecule has 16 heavy (non-hydrogen) atoms. The van der Waals surface area contributed by atoms with E-state index in [9.17, 15) is 8.42 Å². The Morgan fingerprint density at radius 2 is 2.00 bits per heavy atom. The minimum atomic E-state index is -2.78. The maximum absolute atomic E-state index is 11.1. The van der Waals surface area contributed by atoms with Gasteiger partial charge >= 0.3 is 0 Å². The van der Waals surface area contributed by atoms with Crippen LogP contribution in [0.1, 0.15) is 45.4 Å². The van der Waals surface area contributed by atoms with E-state index in [-0.39, 0.29) is 0 Å². The Balaban J connectivity index is 2.37. The molecule has 0 saturated carbocycles. The Morgan fingerprint density at radius 1 is 1.25 bits per heavy atom. The van der Waals surface area contributed by atoms with Crippen molar-refractivity contribution in [2.45, 2.75) is 51.5 Å². The van der Waals surface area contributed by atoms with Crippen LogP contribution in [-0.4, -0.2) is 44.5 Å². The minimum absolute atomic E-state index is 0.333. The van der Waals surface area contributed by atoms with Crippen LogP contribution in [0.2, 0.25) is 0 Å². The van der Waals surface area contributed by atoms with Crippen molar-refractivity contribution in [1.82, 2.24) is 4.90 Å².